The number of ether oxygens (including phenoxy) is 1. The van der Waals surface area contributed by atoms with Gasteiger partial charge in [-0.05, 0) is 31.5 Å². The standard InChI is InChI=1S/C12H10N2O.C7H14O2/c1-7-12-10(4-5-13-7)9-3-2-8(15)6-11(9)14-12;1-3-4-5-6-7(8)9-2/h2-6,14-15H,1H3;3-6H2,1-2H3. The van der Waals surface area contributed by atoms with E-state index in [2.05, 4.69) is 21.6 Å². The fourth-order valence-electron chi connectivity index (χ4n) is 2.58. The Hall–Kier alpha value is -2.56. The van der Waals surface area contributed by atoms with Crippen LogP contribution < -0.4 is 0 Å². The van der Waals surface area contributed by atoms with E-state index < -0.39 is 0 Å². The molecule has 0 spiro atoms. The van der Waals surface area contributed by atoms with Crippen LogP contribution in [-0.4, -0.2) is 28.2 Å². The van der Waals surface area contributed by atoms with Crippen molar-refractivity contribution in [3.8, 4) is 5.75 Å². The molecule has 2 aromatic heterocycles. The first kappa shape index (κ1) is 17.8. The summed E-state index contributed by atoms with van der Waals surface area (Å²) in [5.74, 6) is 0.183. The number of benzene rings is 1. The molecule has 3 aromatic rings. The molecule has 0 saturated heterocycles. The number of methoxy groups -OCH3 is 1. The van der Waals surface area contributed by atoms with Gasteiger partial charge in [-0.3, -0.25) is 9.78 Å². The number of phenolic OH excluding ortho intramolecular Hbond substituents is 1. The molecule has 0 unspecified atom stereocenters. The third-order valence-corrected chi connectivity index (χ3v) is 3.91. The van der Waals surface area contributed by atoms with Crippen LogP contribution in [0.4, 0.5) is 0 Å². The second-order valence-corrected chi connectivity index (χ2v) is 5.71. The SMILES string of the molecule is CCCCCC(=O)OC.Cc1nccc2c1[nH]c1cc(O)ccc12. The number of H-pyrrole nitrogens is 1. The first-order valence-corrected chi connectivity index (χ1v) is 8.19. The fourth-order valence-corrected chi connectivity index (χ4v) is 2.58. The minimum absolute atomic E-state index is 0.0940. The normalized spacial score (nSPS) is 10.5. The maximum Gasteiger partial charge on any atom is 0.305 e. The average Bonchev–Trinajstić information content (AvgIpc) is 2.94. The van der Waals surface area contributed by atoms with E-state index in [1.807, 2.05) is 19.1 Å². The minimum atomic E-state index is -0.0940. The van der Waals surface area contributed by atoms with Gasteiger partial charge >= 0.3 is 5.97 Å². The van der Waals surface area contributed by atoms with Gasteiger partial charge in [-0.25, -0.2) is 0 Å². The Kier molecular flexibility index (Phi) is 6.18. The van der Waals surface area contributed by atoms with Gasteiger partial charge in [-0.2, -0.15) is 0 Å². The van der Waals surface area contributed by atoms with E-state index in [0.717, 1.165) is 46.8 Å². The second-order valence-electron chi connectivity index (χ2n) is 5.71. The number of aromatic nitrogens is 2. The van der Waals surface area contributed by atoms with E-state index in [-0.39, 0.29) is 11.7 Å². The predicted molar refractivity (Wildman–Crippen MR) is 96.2 cm³/mol. The molecule has 2 N–H and O–H groups in total. The fraction of sp³-hybridized carbons (Fsp3) is 0.368. The smallest absolute Gasteiger partial charge is 0.305 e. The molecule has 0 amide bonds. The summed E-state index contributed by atoms with van der Waals surface area (Å²) >= 11 is 0. The van der Waals surface area contributed by atoms with E-state index >= 15 is 0 Å². The minimum Gasteiger partial charge on any atom is -0.508 e. The van der Waals surface area contributed by atoms with E-state index in [0.29, 0.717) is 6.42 Å². The number of fused-ring (bicyclic) bond motifs is 3. The van der Waals surface area contributed by atoms with Gasteiger partial charge in [0.1, 0.15) is 5.75 Å². The van der Waals surface area contributed by atoms with Crippen LogP contribution in [0, 0.1) is 6.92 Å². The number of phenols is 1. The third kappa shape index (κ3) is 4.25. The van der Waals surface area contributed by atoms with Crippen molar-refractivity contribution < 1.29 is 14.6 Å². The summed E-state index contributed by atoms with van der Waals surface area (Å²) in [7, 11) is 1.42. The number of aromatic hydroxyl groups is 1. The quantitative estimate of drug-likeness (QED) is 0.547. The molecule has 0 atom stereocenters. The Balaban J connectivity index is 0.000000202. The van der Waals surface area contributed by atoms with E-state index in [1.54, 1.807) is 18.3 Å². The van der Waals surface area contributed by atoms with Gasteiger partial charge in [-0.15, -0.1) is 0 Å². The molecule has 0 fully saturated rings. The van der Waals surface area contributed by atoms with Crippen LogP contribution in [0.2, 0.25) is 0 Å². The summed E-state index contributed by atoms with van der Waals surface area (Å²) in [6.07, 6.45) is 5.61. The number of nitrogens with zero attached hydrogens (tertiary/aromatic N) is 1. The van der Waals surface area contributed by atoms with Gasteiger partial charge in [0.15, 0.2) is 0 Å². The van der Waals surface area contributed by atoms with E-state index in [9.17, 15) is 9.90 Å². The van der Waals surface area contributed by atoms with Crippen LogP contribution in [0.3, 0.4) is 0 Å². The summed E-state index contributed by atoms with van der Waals surface area (Å²) in [4.78, 5) is 18.0. The molecule has 0 bridgehead atoms. The summed E-state index contributed by atoms with van der Waals surface area (Å²) in [6.45, 7) is 4.08. The molecule has 0 radical (unpaired) electrons. The molecule has 0 aliphatic rings. The molecule has 24 heavy (non-hydrogen) atoms. The van der Waals surface area contributed by atoms with Crippen molar-refractivity contribution in [2.75, 3.05) is 7.11 Å². The van der Waals surface area contributed by atoms with Crippen LogP contribution in [0.15, 0.2) is 30.5 Å². The number of carbonyl (C=O) groups excluding carboxylic acids is 1. The summed E-state index contributed by atoms with van der Waals surface area (Å²) in [5, 5.41) is 11.7. The predicted octanol–water partition coefficient (Wildman–Crippen LogP) is 4.47. The summed E-state index contributed by atoms with van der Waals surface area (Å²) < 4.78 is 4.46. The van der Waals surface area contributed by atoms with Crippen molar-refractivity contribution in [3.63, 3.8) is 0 Å². The Morgan fingerprint density at radius 2 is 2.04 bits per heavy atom. The number of hydrogen-bond acceptors (Lipinski definition) is 4. The van der Waals surface area contributed by atoms with Crippen molar-refractivity contribution >= 4 is 27.8 Å². The van der Waals surface area contributed by atoms with Gasteiger partial charge in [0.2, 0.25) is 0 Å². The number of esters is 1. The van der Waals surface area contributed by atoms with Crippen molar-refractivity contribution in [1.82, 2.24) is 9.97 Å². The number of rotatable bonds is 4. The van der Waals surface area contributed by atoms with Crippen molar-refractivity contribution in [2.45, 2.75) is 39.5 Å². The zero-order chi connectivity index (χ0) is 17.5. The maximum absolute atomic E-state index is 10.5. The largest absolute Gasteiger partial charge is 0.508 e. The summed E-state index contributed by atoms with van der Waals surface area (Å²) in [6, 6.07) is 7.33. The molecule has 128 valence electrons. The molecule has 1 aromatic carbocycles. The third-order valence-electron chi connectivity index (χ3n) is 3.91. The molecule has 5 nitrogen and oxygen atoms in total. The van der Waals surface area contributed by atoms with Gasteiger partial charge in [-0.1, -0.05) is 19.8 Å². The molecular formula is C19H24N2O3. The Morgan fingerprint density at radius 3 is 2.75 bits per heavy atom. The zero-order valence-electron chi connectivity index (χ0n) is 14.4. The Bertz CT molecular complexity index is 824. The van der Waals surface area contributed by atoms with Crippen LogP contribution in [0.5, 0.6) is 5.75 Å². The number of carbonyl (C=O) groups is 1. The molecule has 3 rings (SSSR count). The molecular weight excluding hydrogens is 304 g/mol. The molecule has 2 heterocycles. The topological polar surface area (TPSA) is 75.2 Å². The first-order valence-electron chi connectivity index (χ1n) is 8.19. The van der Waals surface area contributed by atoms with Gasteiger partial charge in [0.05, 0.1) is 23.8 Å². The monoisotopic (exact) mass is 328 g/mol. The van der Waals surface area contributed by atoms with Gasteiger partial charge < -0.3 is 14.8 Å². The van der Waals surface area contributed by atoms with Gasteiger partial charge in [0.25, 0.3) is 0 Å². The number of hydrogen-bond donors (Lipinski definition) is 2. The molecule has 5 heteroatoms. The lowest BCUT2D eigenvalue weighted by Gasteiger charge is -1.95. The van der Waals surface area contributed by atoms with Crippen molar-refractivity contribution in [1.29, 1.82) is 0 Å². The lowest BCUT2D eigenvalue weighted by atomic mass is 10.1. The van der Waals surface area contributed by atoms with Crippen LogP contribution in [0.1, 0.15) is 38.3 Å². The van der Waals surface area contributed by atoms with Crippen molar-refractivity contribution in [2.24, 2.45) is 0 Å². The highest BCUT2D eigenvalue weighted by molar-refractivity contribution is 6.08. The first-order chi connectivity index (χ1) is 11.6. The highest BCUT2D eigenvalue weighted by atomic mass is 16.5. The number of unbranched alkanes of at least 4 members (excludes halogenated alkanes) is 2. The lowest BCUT2D eigenvalue weighted by molar-refractivity contribution is -0.140. The lowest BCUT2D eigenvalue weighted by Crippen LogP contribution is -1.98. The Morgan fingerprint density at radius 1 is 1.25 bits per heavy atom. The second kappa shape index (κ2) is 8.34. The summed E-state index contributed by atoms with van der Waals surface area (Å²) in [5.41, 5.74) is 2.96. The number of pyridine rings is 1. The maximum atomic E-state index is 10.5. The van der Waals surface area contributed by atoms with E-state index in [4.69, 9.17) is 0 Å². The Labute approximate surface area is 141 Å². The molecule has 0 aliphatic heterocycles. The van der Waals surface area contributed by atoms with Crippen LogP contribution in [-0.2, 0) is 9.53 Å². The average molecular weight is 328 g/mol. The van der Waals surface area contributed by atoms with E-state index in [1.165, 1.54) is 7.11 Å². The highest BCUT2D eigenvalue weighted by Gasteiger charge is 2.06. The number of nitrogens with one attached hydrogen (secondary N) is 1. The van der Waals surface area contributed by atoms with Crippen molar-refractivity contribution in [3.05, 3.63) is 36.2 Å². The molecule has 0 saturated carbocycles. The van der Waals surface area contributed by atoms with Crippen LogP contribution in [0.25, 0.3) is 21.8 Å². The number of aromatic amines is 1. The van der Waals surface area contributed by atoms with Crippen LogP contribution >= 0.6 is 0 Å². The zero-order valence-corrected chi connectivity index (χ0v) is 14.4. The highest BCUT2D eigenvalue weighted by Crippen LogP contribution is 2.28. The van der Waals surface area contributed by atoms with Gasteiger partial charge in [0, 0.05) is 29.5 Å². The number of aryl methyl sites for hydroxylation is 1. The molecule has 0 aliphatic carbocycles.